The number of carbonyl (C=O) groups is 2. The molecule has 0 bridgehead atoms. The molecular weight excluding hydrogens is 352 g/mol. The van der Waals surface area contributed by atoms with Gasteiger partial charge in [0.15, 0.2) is 0 Å². The molecule has 0 aliphatic carbocycles. The van der Waals surface area contributed by atoms with Crippen LogP contribution in [0.5, 0.6) is 0 Å². The van der Waals surface area contributed by atoms with Crippen molar-refractivity contribution >= 4 is 34.9 Å². The second-order valence-corrected chi connectivity index (χ2v) is 6.49. The number of rotatable bonds is 4. The molecule has 1 saturated heterocycles. The lowest BCUT2D eigenvalue weighted by Gasteiger charge is -2.34. The summed E-state index contributed by atoms with van der Waals surface area (Å²) in [6.07, 6.45) is 0. The van der Waals surface area contributed by atoms with E-state index in [2.05, 4.69) is 10.6 Å². The molecule has 0 saturated carbocycles. The number of halogens is 1. The minimum atomic E-state index is -0.114. The summed E-state index contributed by atoms with van der Waals surface area (Å²) in [6.45, 7) is 2.74. The third kappa shape index (κ3) is 4.97. The molecule has 7 heteroatoms. The molecule has 0 unspecified atom stereocenters. The molecule has 3 amide bonds. The zero-order chi connectivity index (χ0) is 18.4. The van der Waals surface area contributed by atoms with Gasteiger partial charge in [0.1, 0.15) is 0 Å². The summed E-state index contributed by atoms with van der Waals surface area (Å²) < 4.78 is 0. The van der Waals surface area contributed by atoms with Crippen LogP contribution in [0.15, 0.2) is 54.6 Å². The van der Waals surface area contributed by atoms with Crippen LogP contribution in [0.3, 0.4) is 0 Å². The summed E-state index contributed by atoms with van der Waals surface area (Å²) in [5.74, 6) is -0.111. The van der Waals surface area contributed by atoms with Gasteiger partial charge < -0.3 is 15.5 Å². The summed E-state index contributed by atoms with van der Waals surface area (Å²) in [5, 5.41) is 6.22. The van der Waals surface area contributed by atoms with Gasteiger partial charge in [-0.05, 0) is 24.3 Å². The van der Waals surface area contributed by atoms with E-state index in [0.717, 1.165) is 5.69 Å². The molecule has 2 aromatic carbocycles. The van der Waals surface area contributed by atoms with Crippen molar-refractivity contribution in [2.45, 2.75) is 0 Å². The number of hydrogen-bond donors (Lipinski definition) is 2. The number of hydrogen-bond acceptors (Lipinski definition) is 3. The Hall–Kier alpha value is -2.57. The number of nitrogens with zero attached hydrogens (tertiary/aromatic N) is 2. The van der Waals surface area contributed by atoms with E-state index in [1.165, 1.54) is 0 Å². The highest BCUT2D eigenvalue weighted by molar-refractivity contribution is 6.33. The lowest BCUT2D eigenvalue weighted by Crippen LogP contribution is -2.51. The van der Waals surface area contributed by atoms with Crippen molar-refractivity contribution in [1.29, 1.82) is 0 Å². The molecule has 1 aliphatic heterocycles. The summed E-state index contributed by atoms with van der Waals surface area (Å²) in [4.78, 5) is 28.2. The van der Waals surface area contributed by atoms with Crippen LogP contribution in [-0.4, -0.2) is 54.5 Å². The van der Waals surface area contributed by atoms with Crippen LogP contribution in [-0.2, 0) is 4.79 Å². The van der Waals surface area contributed by atoms with E-state index in [0.29, 0.717) is 36.9 Å². The maximum Gasteiger partial charge on any atom is 0.321 e. The van der Waals surface area contributed by atoms with Crippen molar-refractivity contribution in [2.75, 3.05) is 43.4 Å². The highest BCUT2D eigenvalue weighted by atomic mass is 35.5. The monoisotopic (exact) mass is 372 g/mol. The third-order valence-electron chi connectivity index (χ3n) is 4.20. The molecule has 0 aromatic heterocycles. The van der Waals surface area contributed by atoms with Gasteiger partial charge in [-0.15, -0.1) is 0 Å². The maximum atomic E-state index is 12.3. The van der Waals surface area contributed by atoms with Crippen LogP contribution >= 0.6 is 11.6 Å². The normalized spacial score (nSPS) is 14.7. The van der Waals surface area contributed by atoms with Gasteiger partial charge in [0.25, 0.3) is 0 Å². The molecule has 3 rings (SSSR count). The van der Waals surface area contributed by atoms with Crippen LogP contribution in [0, 0.1) is 0 Å². The SMILES string of the molecule is O=C(CN1CCN(C(=O)Nc2ccccc2)CC1)Nc1ccccc1Cl. The standard InChI is InChI=1S/C19H21ClN4O2/c20-16-8-4-5-9-17(16)22-18(25)14-23-10-12-24(13-11-23)19(26)21-15-6-2-1-3-7-15/h1-9H,10-14H2,(H,21,26)(H,22,25). The zero-order valence-electron chi connectivity index (χ0n) is 14.3. The Morgan fingerprint density at radius 1 is 0.885 bits per heavy atom. The Bertz CT molecular complexity index is 761. The van der Waals surface area contributed by atoms with Gasteiger partial charge in [0.05, 0.1) is 17.3 Å². The van der Waals surface area contributed by atoms with Crippen molar-refractivity contribution in [3.63, 3.8) is 0 Å². The lowest BCUT2D eigenvalue weighted by atomic mass is 10.3. The molecule has 2 aromatic rings. The molecule has 136 valence electrons. The van der Waals surface area contributed by atoms with E-state index in [4.69, 9.17) is 11.6 Å². The zero-order valence-corrected chi connectivity index (χ0v) is 15.1. The Labute approximate surface area is 157 Å². The molecule has 0 atom stereocenters. The van der Waals surface area contributed by atoms with Gasteiger partial charge in [-0.1, -0.05) is 41.9 Å². The van der Waals surface area contributed by atoms with Crippen LogP contribution < -0.4 is 10.6 Å². The highest BCUT2D eigenvalue weighted by Gasteiger charge is 2.22. The van der Waals surface area contributed by atoms with Crippen LogP contribution in [0.25, 0.3) is 0 Å². The average Bonchev–Trinajstić information content (AvgIpc) is 2.65. The number of piperazine rings is 1. The van der Waals surface area contributed by atoms with Crippen molar-refractivity contribution in [2.24, 2.45) is 0 Å². The van der Waals surface area contributed by atoms with E-state index in [1.807, 2.05) is 47.4 Å². The topological polar surface area (TPSA) is 64.7 Å². The van der Waals surface area contributed by atoms with E-state index < -0.39 is 0 Å². The van der Waals surface area contributed by atoms with Gasteiger partial charge in [0.2, 0.25) is 5.91 Å². The van der Waals surface area contributed by atoms with E-state index in [-0.39, 0.29) is 18.5 Å². The first-order valence-electron chi connectivity index (χ1n) is 8.49. The Balaban J connectivity index is 1.44. The molecule has 26 heavy (non-hydrogen) atoms. The van der Waals surface area contributed by atoms with Gasteiger partial charge >= 0.3 is 6.03 Å². The molecule has 1 aliphatic rings. The smallest absolute Gasteiger partial charge is 0.321 e. The van der Waals surface area contributed by atoms with Crippen LogP contribution in [0.4, 0.5) is 16.2 Å². The number of amides is 3. The fourth-order valence-corrected chi connectivity index (χ4v) is 2.97. The first-order chi connectivity index (χ1) is 12.6. The number of urea groups is 1. The van der Waals surface area contributed by atoms with Gasteiger partial charge in [-0.2, -0.15) is 0 Å². The number of anilines is 2. The van der Waals surface area contributed by atoms with Gasteiger partial charge in [-0.3, -0.25) is 9.69 Å². The summed E-state index contributed by atoms with van der Waals surface area (Å²) in [6, 6.07) is 16.4. The number of benzene rings is 2. The van der Waals surface area contributed by atoms with E-state index in [9.17, 15) is 9.59 Å². The first kappa shape index (κ1) is 18.2. The number of nitrogens with one attached hydrogen (secondary N) is 2. The maximum absolute atomic E-state index is 12.3. The molecular formula is C19H21ClN4O2. The minimum Gasteiger partial charge on any atom is -0.324 e. The summed E-state index contributed by atoms with van der Waals surface area (Å²) in [5.41, 5.74) is 1.39. The summed E-state index contributed by atoms with van der Waals surface area (Å²) >= 11 is 6.05. The minimum absolute atomic E-state index is 0.111. The second-order valence-electron chi connectivity index (χ2n) is 6.09. The quantitative estimate of drug-likeness (QED) is 0.866. The molecule has 6 nitrogen and oxygen atoms in total. The fourth-order valence-electron chi connectivity index (χ4n) is 2.79. The lowest BCUT2D eigenvalue weighted by molar-refractivity contribution is -0.117. The van der Waals surface area contributed by atoms with Gasteiger partial charge in [0, 0.05) is 31.9 Å². The molecule has 1 heterocycles. The molecule has 2 N–H and O–H groups in total. The van der Waals surface area contributed by atoms with Gasteiger partial charge in [-0.25, -0.2) is 4.79 Å². The van der Waals surface area contributed by atoms with Crippen LogP contribution in [0.1, 0.15) is 0 Å². The highest BCUT2D eigenvalue weighted by Crippen LogP contribution is 2.20. The second kappa shape index (κ2) is 8.69. The average molecular weight is 373 g/mol. The molecule has 0 spiro atoms. The third-order valence-corrected chi connectivity index (χ3v) is 4.53. The van der Waals surface area contributed by atoms with Crippen molar-refractivity contribution in [1.82, 2.24) is 9.80 Å². The largest absolute Gasteiger partial charge is 0.324 e. The van der Waals surface area contributed by atoms with Crippen LogP contribution in [0.2, 0.25) is 5.02 Å². The van der Waals surface area contributed by atoms with E-state index >= 15 is 0 Å². The predicted octanol–water partition coefficient (Wildman–Crippen LogP) is 3.13. The number of para-hydroxylation sites is 2. The Kier molecular flexibility index (Phi) is 6.09. The van der Waals surface area contributed by atoms with E-state index in [1.54, 1.807) is 17.0 Å². The van der Waals surface area contributed by atoms with Crippen molar-refractivity contribution < 1.29 is 9.59 Å². The Morgan fingerprint density at radius 3 is 2.23 bits per heavy atom. The predicted molar refractivity (Wildman–Crippen MR) is 104 cm³/mol. The summed E-state index contributed by atoms with van der Waals surface area (Å²) in [7, 11) is 0. The Morgan fingerprint density at radius 2 is 1.54 bits per heavy atom. The molecule has 0 radical (unpaired) electrons. The van der Waals surface area contributed by atoms with Crippen molar-refractivity contribution in [3.8, 4) is 0 Å². The first-order valence-corrected chi connectivity index (χ1v) is 8.87. The fraction of sp³-hybridized carbons (Fsp3) is 0.263. The molecule has 1 fully saturated rings. The van der Waals surface area contributed by atoms with Crippen molar-refractivity contribution in [3.05, 3.63) is 59.6 Å². The number of carbonyl (C=O) groups excluding carboxylic acids is 2.